The maximum absolute atomic E-state index is 12.0. The Morgan fingerprint density at radius 2 is 2.00 bits per heavy atom. The number of carbonyl (C=O) groups is 1. The minimum absolute atomic E-state index is 0.0239. The molecule has 0 amide bonds. The first-order chi connectivity index (χ1) is 10.6. The van der Waals surface area contributed by atoms with Gasteiger partial charge >= 0.3 is 0 Å². The SMILES string of the molecule is O=C(/C=C/Sc1nc2cc(Cl)ccc2s1)c1ccc(Br)cc1. The van der Waals surface area contributed by atoms with Gasteiger partial charge in [-0.1, -0.05) is 39.3 Å². The van der Waals surface area contributed by atoms with Gasteiger partial charge in [0, 0.05) is 15.1 Å². The van der Waals surface area contributed by atoms with Crippen molar-refractivity contribution >= 4 is 66.6 Å². The van der Waals surface area contributed by atoms with Crippen LogP contribution in [0.3, 0.4) is 0 Å². The second-order valence-electron chi connectivity index (χ2n) is 4.38. The number of aromatic nitrogens is 1. The highest BCUT2D eigenvalue weighted by Gasteiger charge is 2.05. The van der Waals surface area contributed by atoms with E-state index in [1.165, 1.54) is 11.8 Å². The van der Waals surface area contributed by atoms with Crippen LogP contribution in [0, 0.1) is 0 Å². The molecule has 1 aromatic heterocycles. The van der Waals surface area contributed by atoms with Gasteiger partial charge in [-0.2, -0.15) is 0 Å². The predicted octanol–water partition coefficient (Wildman–Crippen LogP) is 6.20. The first kappa shape index (κ1) is 15.7. The number of thioether (sulfide) groups is 1. The van der Waals surface area contributed by atoms with Gasteiger partial charge in [0.2, 0.25) is 0 Å². The summed E-state index contributed by atoms with van der Waals surface area (Å²) in [5, 5.41) is 2.44. The summed E-state index contributed by atoms with van der Waals surface area (Å²) in [6.45, 7) is 0. The Morgan fingerprint density at radius 3 is 2.77 bits per heavy atom. The van der Waals surface area contributed by atoms with Gasteiger partial charge in [-0.25, -0.2) is 4.98 Å². The number of fused-ring (bicyclic) bond motifs is 1. The van der Waals surface area contributed by atoms with Gasteiger partial charge in [-0.15, -0.1) is 11.3 Å². The van der Waals surface area contributed by atoms with E-state index >= 15 is 0 Å². The maximum Gasteiger partial charge on any atom is 0.186 e. The summed E-state index contributed by atoms with van der Waals surface area (Å²) in [5.41, 5.74) is 1.55. The van der Waals surface area contributed by atoms with Crippen molar-refractivity contribution in [3.63, 3.8) is 0 Å². The zero-order valence-corrected chi connectivity index (χ0v) is 15.1. The van der Waals surface area contributed by atoms with E-state index < -0.39 is 0 Å². The number of benzene rings is 2. The third-order valence-electron chi connectivity index (χ3n) is 2.85. The van der Waals surface area contributed by atoms with Crippen molar-refractivity contribution in [1.82, 2.24) is 4.98 Å². The molecule has 0 aliphatic rings. The van der Waals surface area contributed by atoms with E-state index in [1.54, 1.807) is 35.0 Å². The van der Waals surface area contributed by atoms with Crippen molar-refractivity contribution < 1.29 is 4.79 Å². The van der Waals surface area contributed by atoms with Crippen LogP contribution in [-0.2, 0) is 0 Å². The first-order valence-electron chi connectivity index (χ1n) is 6.31. The molecule has 0 radical (unpaired) electrons. The Bertz CT molecular complexity index is 858. The van der Waals surface area contributed by atoms with Crippen LogP contribution >= 0.6 is 50.6 Å². The van der Waals surface area contributed by atoms with E-state index in [0.29, 0.717) is 10.6 Å². The van der Waals surface area contributed by atoms with Crippen molar-refractivity contribution in [3.8, 4) is 0 Å². The zero-order valence-electron chi connectivity index (χ0n) is 11.1. The lowest BCUT2D eigenvalue weighted by molar-refractivity contribution is 0.104. The lowest BCUT2D eigenvalue weighted by Crippen LogP contribution is -1.92. The molecule has 0 bridgehead atoms. The minimum atomic E-state index is -0.0239. The molecule has 2 nitrogen and oxygen atoms in total. The van der Waals surface area contributed by atoms with E-state index in [-0.39, 0.29) is 5.78 Å². The van der Waals surface area contributed by atoms with E-state index in [1.807, 2.05) is 30.3 Å². The van der Waals surface area contributed by atoms with Gasteiger partial charge in [0.15, 0.2) is 10.1 Å². The molecule has 1 heterocycles. The summed E-state index contributed by atoms with van der Waals surface area (Å²) in [4.78, 5) is 16.5. The van der Waals surface area contributed by atoms with Crippen molar-refractivity contribution in [2.75, 3.05) is 0 Å². The molecule has 2 aromatic carbocycles. The lowest BCUT2D eigenvalue weighted by Gasteiger charge is -1.95. The second-order valence-corrected chi connectivity index (χ2v) is 7.92. The molecule has 0 fully saturated rings. The number of rotatable bonds is 4. The van der Waals surface area contributed by atoms with E-state index in [2.05, 4.69) is 20.9 Å². The van der Waals surface area contributed by atoms with Crippen molar-refractivity contribution in [3.05, 3.63) is 69.0 Å². The third-order valence-corrected chi connectivity index (χ3v) is 5.55. The van der Waals surface area contributed by atoms with Gasteiger partial charge in [0.25, 0.3) is 0 Å². The summed E-state index contributed by atoms with van der Waals surface area (Å²) in [6.07, 6.45) is 1.56. The lowest BCUT2D eigenvalue weighted by atomic mass is 10.1. The molecule has 22 heavy (non-hydrogen) atoms. The molecule has 0 aliphatic carbocycles. The predicted molar refractivity (Wildman–Crippen MR) is 98.1 cm³/mol. The number of hydrogen-bond acceptors (Lipinski definition) is 4. The van der Waals surface area contributed by atoms with Crippen LogP contribution in [0.1, 0.15) is 10.4 Å². The van der Waals surface area contributed by atoms with Crippen LogP contribution in [0.2, 0.25) is 5.02 Å². The Kier molecular flexibility index (Phi) is 4.98. The molecule has 110 valence electrons. The summed E-state index contributed by atoms with van der Waals surface area (Å²) in [5.74, 6) is -0.0239. The fraction of sp³-hybridized carbons (Fsp3) is 0. The number of halogens is 2. The fourth-order valence-electron chi connectivity index (χ4n) is 1.79. The molecular weight excluding hydrogens is 402 g/mol. The van der Waals surface area contributed by atoms with Crippen LogP contribution in [-0.4, -0.2) is 10.8 Å². The number of nitrogens with zero attached hydrogens (tertiary/aromatic N) is 1. The molecule has 0 saturated heterocycles. The minimum Gasteiger partial charge on any atom is -0.289 e. The third kappa shape index (κ3) is 3.79. The molecule has 0 N–H and O–H groups in total. The molecule has 0 atom stereocenters. The first-order valence-corrected chi connectivity index (χ1v) is 9.18. The molecular formula is C16H9BrClNOS2. The monoisotopic (exact) mass is 409 g/mol. The number of ketones is 1. The van der Waals surface area contributed by atoms with Crippen LogP contribution < -0.4 is 0 Å². The zero-order chi connectivity index (χ0) is 15.5. The highest BCUT2D eigenvalue weighted by molar-refractivity contribution is 9.10. The van der Waals surface area contributed by atoms with E-state index in [0.717, 1.165) is 19.0 Å². The molecule has 0 saturated carbocycles. The average molecular weight is 411 g/mol. The van der Waals surface area contributed by atoms with Crippen LogP contribution in [0.4, 0.5) is 0 Å². The summed E-state index contributed by atoms with van der Waals surface area (Å²) < 4.78 is 2.92. The molecule has 3 rings (SSSR count). The maximum atomic E-state index is 12.0. The van der Waals surface area contributed by atoms with Gasteiger partial charge in [-0.3, -0.25) is 4.79 Å². The molecule has 0 spiro atoms. The number of hydrogen-bond donors (Lipinski definition) is 0. The van der Waals surface area contributed by atoms with Crippen LogP contribution in [0.15, 0.2) is 62.8 Å². The van der Waals surface area contributed by atoms with E-state index in [4.69, 9.17) is 11.6 Å². The highest BCUT2D eigenvalue weighted by atomic mass is 79.9. The van der Waals surface area contributed by atoms with Crippen LogP contribution in [0.25, 0.3) is 10.2 Å². The van der Waals surface area contributed by atoms with Gasteiger partial charge in [-0.05, 0) is 53.9 Å². The Hall–Kier alpha value is -1.14. The van der Waals surface area contributed by atoms with Gasteiger partial charge < -0.3 is 0 Å². The summed E-state index contributed by atoms with van der Waals surface area (Å²) in [7, 11) is 0. The van der Waals surface area contributed by atoms with Gasteiger partial charge in [0.05, 0.1) is 10.2 Å². The molecule has 0 unspecified atom stereocenters. The highest BCUT2D eigenvalue weighted by Crippen LogP contribution is 2.31. The van der Waals surface area contributed by atoms with Crippen molar-refractivity contribution in [1.29, 1.82) is 0 Å². The van der Waals surface area contributed by atoms with Gasteiger partial charge in [0.1, 0.15) is 0 Å². The number of thiazole rings is 1. The number of carbonyl (C=O) groups excluding carboxylic acids is 1. The standard InChI is InChI=1S/C16H9BrClNOS2/c17-11-3-1-10(2-4-11)14(20)7-8-21-16-19-13-9-12(18)5-6-15(13)22-16/h1-9H/b8-7+. The molecule has 6 heteroatoms. The normalized spacial score (nSPS) is 11.4. The Balaban J connectivity index is 1.70. The average Bonchev–Trinajstić information content (AvgIpc) is 2.89. The summed E-state index contributed by atoms with van der Waals surface area (Å²) >= 11 is 12.3. The van der Waals surface area contributed by atoms with Crippen molar-refractivity contribution in [2.45, 2.75) is 4.34 Å². The van der Waals surface area contributed by atoms with Crippen LogP contribution in [0.5, 0.6) is 0 Å². The quantitative estimate of drug-likeness (QED) is 0.291. The number of allylic oxidation sites excluding steroid dienone is 1. The smallest absolute Gasteiger partial charge is 0.186 e. The molecule has 3 aromatic rings. The second kappa shape index (κ2) is 6.96. The van der Waals surface area contributed by atoms with E-state index in [9.17, 15) is 4.79 Å². The van der Waals surface area contributed by atoms with Crippen molar-refractivity contribution in [2.24, 2.45) is 0 Å². The fourth-order valence-corrected chi connectivity index (χ4v) is 3.99. The largest absolute Gasteiger partial charge is 0.289 e. The topological polar surface area (TPSA) is 30.0 Å². The Labute approximate surface area is 149 Å². The summed E-state index contributed by atoms with van der Waals surface area (Å²) in [6, 6.07) is 12.9. The molecule has 0 aliphatic heterocycles. The Morgan fingerprint density at radius 1 is 1.23 bits per heavy atom.